The minimum Gasteiger partial charge on any atom is -0.465 e. The van der Waals surface area contributed by atoms with E-state index in [0.29, 0.717) is 38.5 Å². The molecule has 4 heterocycles. The molecule has 1 spiro atoms. The Balaban J connectivity index is 1.61. The Hall–Kier alpha value is -1.89. The van der Waals surface area contributed by atoms with E-state index in [1.54, 1.807) is 11.0 Å². The van der Waals surface area contributed by atoms with Crippen LogP contribution in [0.25, 0.3) is 0 Å². The van der Waals surface area contributed by atoms with Crippen LogP contribution in [0.5, 0.6) is 0 Å². The van der Waals surface area contributed by atoms with Gasteiger partial charge in [0.15, 0.2) is 11.6 Å². The van der Waals surface area contributed by atoms with Crippen molar-refractivity contribution < 1.29 is 19.0 Å². The quantitative estimate of drug-likeness (QED) is 0.791. The Labute approximate surface area is 165 Å². The fraction of sp³-hybridized carbons (Fsp3) is 0.714. The summed E-state index contributed by atoms with van der Waals surface area (Å²) in [5.74, 6) is 0.0792. The lowest BCUT2D eigenvalue weighted by Gasteiger charge is -2.59. The van der Waals surface area contributed by atoms with Crippen LogP contribution in [0, 0.1) is 16.6 Å². The number of anilines is 1. The van der Waals surface area contributed by atoms with E-state index < -0.39 is 6.09 Å². The molecule has 1 aromatic heterocycles. The van der Waals surface area contributed by atoms with Crippen LogP contribution >= 0.6 is 0 Å². The number of ether oxygens (including phenoxy) is 1. The van der Waals surface area contributed by atoms with Gasteiger partial charge in [-0.2, -0.15) is 0 Å². The number of rotatable bonds is 1. The van der Waals surface area contributed by atoms with E-state index in [9.17, 15) is 14.3 Å². The van der Waals surface area contributed by atoms with Gasteiger partial charge in [-0.15, -0.1) is 0 Å². The largest absolute Gasteiger partial charge is 0.465 e. The Kier molecular flexibility index (Phi) is 4.20. The number of nitrogens with zero attached hydrogens (tertiary/aromatic N) is 3. The standard InChI is InChI=1S/C21H30FN3O3/c1-19(2,3)17-21(12-25(17)18(26)27)6-7-24(11-21)16-14(22)8-13-10-28-20(4,5)9-15(13)23-16/h8,17H,6-7,9-12H2,1-5H3,(H,26,27). The van der Waals surface area contributed by atoms with E-state index in [0.717, 1.165) is 17.7 Å². The van der Waals surface area contributed by atoms with E-state index in [4.69, 9.17) is 9.72 Å². The molecule has 0 saturated carbocycles. The highest BCUT2D eigenvalue weighted by Crippen LogP contribution is 2.52. The number of hydrogen-bond acceptors (Lipinski definition) is 4. The molecule has 7 heteroatoms. The lowest BCUT2D eigenvalue weighted by Crippen LogP contribution is -2.71. The molecule has 6 nitrogen and oxygen atoms in total. The van der Waals surface area contributed by atoms with E-state index in [2.05, 4.69) is 20.8 Å². The van der Waals surface area contributed by atoms with Gasteiger partial charge in [0.05, 0.1) is 17.9 Å². The molecule has 2 fully saturated rings. The number of pyridine rings is 1. The highest BCUT2D eigenvalue weighted by Gasteiger charge is 2.61. The maximum absolute atomic E-state index is 14.9. The smallest absolute Gasteiger partial charge is 0.407 e. The van der Waals surface area contributed by atoms with Crippen LogP contribution in [-0.2, 0) is 17.8 Å². The highest BCUT2D eigenvalue weighted by atomic mass is 19.1. The molecule has 154 valence electrons. The maximum Gasteiger partial charge on any atom is 0.407 e. The molecule has 1 aromatic rings. The SMILES string of the molecule is CC1(C)Cc2nc(N3CCC4(C3)CN(C(=O)O)C4C(C)(C)C)c(F)cc2CO1. The summed E-state index contributed by atoms with van der Waals surface area (Å²) in [4.78, 5) is 19.9. The first kappa shape index (κ1) is 19.4. The number of aromatic nitrogens is 1. The lowest BCUT2D eigenvalue weighted by atomic mass is 9.61. The van der Waals surface area contributed by atoms with E-state index in [1.807, 2.05) is 18.7 Å². The Morgan fingerprint density at radius 2 is 2.07 bits per heavy atom. The summed E-state index contributed by atoms with van der Waals surface area (Å²) in [5.41, 5.74) is 1.12. The molecule has 1 N–H and O–H groups in total. The number of carbonyl (C=O) groups is 1. The van der Waals surface area contributed by atoms with Gasteiger partial charge in [-0.3, -0.25) is 0 Å². The van der Waals surface area contributed by atoms with Gasteiger partial charge in [0.1, 0.15) is 0 Å². The van der Waals surface area contributed by atoms with Crippen LogP contribution < -0.4 is 4.90 Å². The minimum atomic E-state index is -0.871. The van der Waals surface area contributed by atoms with E-state index in [-0.39, 0.29) is 28.3 Å². The fourth-order valence-electron chi connectivity index (χ4n) is 5.51. The molecule has 0 aliphatic carbocycles. The maximum atomic E-state index is 14.9. The zero-order chi connectivity index (χ0) is 20.5. The monoisotopic (exact) mass is 391 g/mol. The van der Waals surface area contributed by atoms with Crippen molar-refractivity contribution in [2.75, 3.05) is 24.5 Å². The number of fused-ring (bicyclic) bond motifs is 1. The summed E-state index contributed by atoms with van der Waals surface area (Å²) < 4.78 is 20.6. The minimum absolute atomic E-state index is 0.0736. The number of amides is 1. The second kappa shape index (κ2) is 6.05. The van der Waals surface area contributed by atoms with E-state index in [1.165, 1.54) is 0 Å². The van der Waals surface area contributed by atoms with Gasteiger partial charge < -0.3 is 19.6 Å². The predicted molar refractivity (Wildman–Crippen MR) is 104 cm³/mol. The van der Waals surface area contributed by atoms with Gasteiger partial charge in [-0.05, 0) is 31.7 Å². The zero-order valence-electron chi connectivity index (χ0n) is 17.4. The van der Waals surface area contributed by atoms with Crippen LogP contribution in [0.3, 0.4) is 0 Å². The van der Waals surface area contributed by atoms with Gasteiger partial charge in [-0.1, -0.05) is 20.8 Å². The Morgan fingerprint density at radius 3 is 2.71 bits per heavy atom. The van der Waals surface area contributed by atoms with Gasteiger partial charge in [0, 0.05) is 43.1 Å². The second-order valence-electron chi connectivity index (χ2n) is 10.3. The third-order valence-electron chi connectivity index (χ3n) is 6.47. The predicted octanol–water partition coefficient (Wildman–Crippen LogP) is 3.68. The average Bonchev–Trinajstić information content (AvgIpc) is 2.97. The van der Waals surface area contributed by atoms with Gasteiger partial charge >= 0.3 is 6.09 Å². The summed E-state index contributed by atoms with van der Waals surface area (Å²) in [6.45, 7) is 12.5. The zero-order valence-corrected chi connectivity index (χ0v) is 17.4. The molecule has 4 rings (SSSR count). The number of likely N-dealkylation sites (tertiary alicyclic amines) is 1. The molecule has 2 atom stereocenters. The molecule has 2 saturated heterocycles. The molecular formula is C21H30FN3O3. The first-order valence-corrected chi connectivity index (χ1v) is 9.99. The lowest BCUT2D eigenvalue weighted by molar-refractivity contribution is -0.0946. The topological polar surface area (TPSA) is 65.9 Å². The number of halogens is 1. The molecule has 2 unspecified atom stereocenters. The molecule has 3 aliphatic rings. The van der Waals surface area contributed by atoms with Gasteiger partial charge in [0.2, 0.25) is 0 Å². The fourth-order valence-corrected chi connectivity index (χ4v) is 5.51. The summed E-state index contributed by atoms with van der Waals surface area (Å²) in [7, 11) is 0. The first-order chi connectivity index (χ1) is 12.9. The van der Waals surface area contributed by atoms with Crippen molar-refractivity contribution in [2.45, 2.75) is 65.7 Å². The number of hydrogen-bond donors (Lipinski definition) is 1. The molecule has 1 amide bonds. The van der Waals surface area contributed by atoms with Crippen molar-refractivity contribution in [3.8, 4) is 0 Å². The van der Waals surface area contributed by atoms with Gasteiger partial charge in [-0.25, -0.2) is 14.2 Å². The number of carboxylic acid groups (broad SMARTS) is 1. The summed E-state index contributed by atoms with van der Waals surface area (Å²) in [6.07, 6.45) is 0.640. The van der Waals surface area contributed by atoms with Crippen LogP contribution in [0.2, 0.25) is 0 Å². The van der Waals surface area contributed by atoms with Crippen molar-refractivity contribution in [3.05, 3.63) is 23.1 Å². The van der Waals surface area contributed by atoms with Crippen LogP contribution in [0.4, 0.5) is 15.0 Å². The summed E-state index contributed by atoms with van der Waals surface area (Å²) in [5, 5.41) is 9.55. The van der Waals surface area contributed by atoms with Crippen molar-refractivity contribution in [2.24, 2.45) is 10.8 Å². The second-order valence-corrected chi connectivity index (χ2v) is 10.3. The van der Waals surface area contributed by atoms with Crippen LogP contribution in [-0.4, -0.2) is 52.4 Å². The molecular weight excluding hydrogens is 361 g/mol. The molecule has 0 radical (unpaired) electrons. The van der Waals surface area contributed by atoms with Crippen molar-refractivity contribution in [1.29, 1.82) is 0 Å². The average molecular weight is 391 g/mol. The molecule has 0 aromatic carbocycles. The molecule has 3 aliphatic heterocycles. The van der Waals surface area contributed by atoms with Crippen molar-refractivity contribution in [3.63, 3.8) is 0 Å². The van der Waals surface area contributed by atoms with Crippen LogP contribution in [0.15, 0.2) is 6.07 Å². The Morgan fingerprint density at radius 1 is 1.36 bits per heavy atom. The summed E-state index contributed by atoms with van der Waals surface area (Å²) in [6, 6.07) is 1.49. The van der Waals surface area contributed by atoms with Crippen LogP contribution in [0.1, 0.15) is 52.3 Å². The molecule has 0 bridgehead atoms. The normalized spacial score (nSPS) is 29.0. The van der Waals surface area contributed by atoms with Crippen molar-refractivity contribution in [1.82, 2.24) is 9.88 Å². The highest BCUT2D eigenvalue weighted by molar-refractivity contribution is 5.68. The van der Waals surface area contributed by atoms with Gasteiger partial charge in [0.25, 0.3) is 0 Å². The third kappa shape index (κ3) is 3.04. The summed E-state index contributed by atoms with van der Waals surface area (Å²) >= 11 is 0. The first-order valence-electron chi connectivity index (χ1n) is 9.99. The van der Waals surface area contributed by atoms with E-state index >= 15 is 0 Å². The Bertz CT molecular complexity index is 820. The third-order valence-corrected chi connectivity index (χ3v) is 6.47. The molecule has 28 heavy (non-hydrogen) atoms. The van der Waals surface area contributed by atoms with Crippen molar-refractivity contribution >= 4 is 11.9 Å².